The molecular weight excluding hydrogens is 220 g/mol. The van der Waals surface area contributed by atoms with Gasteiger partial charge in [0, 0.05) is 19.2 Å². The van der Waals surface area contributed by atoms with E-state index in [1.165, 1.54) is 0 Å². The summed E-state index contributed by atoms with van der Waals surface area (Å²) in [5, 5.41) is 0. The van der Waals surface area contributed by atoms with E-state index in [1.807, 2.05) is 27.7 Å². The lowest BCUT2D eigenvalue weighted by Gasteiger charge is -2.28. The molecule has 5 heteroatoms. The van der Waals surface area contributed by atoms with Gasteiger partial charge in [0.1, 0.15) is 5.60 Å². The highest BCUT2D eigenvalue weighted by molar-refractivity contribution is 5.69. The van der Waals surface area contributed by atoms with Crippen LogP contribution in [0.4, 0.5) is 4.79 Å². The molecule has 1 aliphatic rings. The van der Waals surface area contributed by atoms with Gasteiger partial charge in [-0.2, -0.15) is 0 Å². The second kappa shape index (κ2) is 5.69. The van der Waals surface area contributed by atoms with E-state index in [0.29, 0.717) is 19.8 Å². The van der Waals surface area contributed by atoms with Crippen molar-refractivity contribution >= 4 is 6.09 Å². The van der Waals surface area contributed by atoms with Crippen LogP contribution in [0, 0.1) is 0 Å². The van der Waals surface area contributed by atoms with Crippen LogP contribution < -0.4 is 5.73 Å². The molecule has 2 unspecified atom stereocenters. The first-order chi connectivity index (χ1) is 7.83. The first-order valence-corrected chi connectivity index (χ1v) is 6.16. The number of amides is 1. The lowest BCUT2D eigenvalue weighted by Crippen LogP contribution is -2.42. The van der Waals surface area contributed by atoms with Crippen LogP contribution in [0.3, 0.4) is 0 Å². The maximum Gasteiger partial charge on any atom is 0.410 e. The number of hydrogen-bond donors (Lipinski definition) is 1. The van der Waals surface area contributed by atoms with Gasteiger partial charge in [0.05, 0.1) is 12.6 Å². The minimum Gasteiger partial charge on any atom is -0.444 e. The van der Waals surface area contributed by atoms with Crippen LogP contribution in [0.1, 0.15) is 34.1 Å². The normalized spacial score (nSPS) is 25.1. The van der Waals surface area contributed by atoms with E-state index in [0.717, 1.165) is 6.42 Å². The van der Waals surface area contributed by atoms with Crippen LogP contribution in [0.2, 0.25) is 0 Å². The third kappa shape index (κ3) is 4.52. The zero-order valence-corrected chi connectivity index (χ0v) is 11.2. The highest BCUT2D eigenvalue weighted by Gasteiger charge is 2.35. The molecule has 1 rings (SSSR count). The maximum atomic E-state index is 12.0. The average molecular weight is 244 g/mol. The SMILES string of the molecule is CCOCC1CC(N)CN1C(=O)OC(C)(C)C. The van der Waals surface area contributed by atoms with E-state index in [9.17, 15) is 4.79 Å². The molecule has 0 aromatic heterocycles. The molecule has 0 aromatic rings. The van der Waals surface area contributed by atoms with Gasteiger partial charge in [0.25, 0.3) is 0 Å². The maximum absolute atomic E-state index is 12.0. The summed E-state index contributed by atoms with van der Waals surface area (Å²) < 4.78 is 10.7. The first kappa shape index (κ1) is 14.3. The molecule has 17 heavy (non-hydrogen) atoms. The summed E-state index contributed by atoms with van der Waals surface area (Å²) in [5.41, 5.74) is 5.41. The Hall–Kier alpha value is -0.810. The first-order valence-electron chi connectivity index (χ1n) is 6.16. The lowest BCUT2D eigenvalue weighted by molar-refractivity contribution is 0.0116. The fourth-order valence-corrected chi connectivity index (χ4v) is 1.91. The van der Waals surface area contributed by atoms with Crippen LogP contribution in [-0.2, 0) is 9.47 Å². The van der Waals surface area contributed by atoms with Crippen LogP contribution in [0.15, 0.2) is 0 Å². The summed E-state index contributed by atoms with van der Waals surface area (Å²) in [4.78, 5) is 13.7. The zero-order valence-electron chi connectivity index (χ0n) is 11.2. The highest BCUT2D eigenvalue weighted by atomic mass is 16.6. The van der Waals surface area contributed by atoms with Crippen LogP contribution in [-0.4, -0.2) is 48.4 Å². The Morgan fingerprint density at radius 2 is 2.12 bits per heavy atom. The summed E-state index contributed by atoms with van der Waals surface area (Å²) in [6.45, 7) is 9.24. The summed E-state index contributed by atoms with van der Waals surface area (Å²) in [6, 6.07) is 0.0628. The van der Waals surface area contributed by atoms with Crippen molar-refractivity contribution in [3.63, 3.8) is 0 Å². The van der Waals surface area contributed by atoms with E-state index in [1.54, 1.807) is 4.90 Å². The fraction of sp³-hybridized carbons (Fsp3) is 0.917. The summed E-state index contributed by atoms with van der Waals surface area (Å²) >= 11 is 0. The number of ether oxygens (including phenoxy) is 2. The van der Waals surface area contributed by atoms with Crippen LogP contribution >= 0.6 is 0 Å². The second-order valence-corrected chi connectivity index (χ2v) is 5.44. The molecule has 5 nitrogen and oxygen atoms in total. The van der Waals surface area contributed by atoms with Gasteiger partial charge in [0.2, 0.25) is 0 Å². The Kier molecular flexibility index (Phi) is 4.77. The van der Waals surface area contributed by atoms with Gasteiger partial charge in [-0.25, -0.2) is 4.79 Å². The van der Waals surface area contributed by atoms with Crippen molar-refractivity contribution in [3.05, 3.63) is 0 Å². The molecule has 1 heterocycles. The predicted octanol–water partition coefficient (Wildman–Crippen LogP) is 1.36. The fourth-order valence-electron chi connectivity index (χ4n) is 1.91. The highest BCUT2D eigenvalue weighted by Crippen LogP contribution is 2.20. The number of carbonyl (C=O) groups is 1. The number of likely N-dealkylation sites (tertiary alicyclic amines) is 1. The van der Waals surface area contributed by atoms with E-state index >= 15 is 0 Å². The minimum atomic E-state index is -0.472. The molecule has 2 atom stereocenters. The van der Waals surface area contributed by atoms with Crippen molar-refractivity contribution < 1.29 is 14.3 Å². The summed E-state index contributed by atoms with van der Waals surface area (Å²) in [6.07, 6.45) is 0.481. The Bertz CT molecular complexity index is 263. The predicted molar refractivity (Wildman–Crippen MR) is 65.8 cm³/mol. The largest absolute Gasteiger partial charge is 0.444 e. The van der Waals surface area contributed by atoms with Crippen molar-refractivity contribution in [1.29, 1.82) is 0 Å². The lowest BCUT2D eigenvalue weighted by atomic mass is 10.2. The van der Waals surface area contributed by atoms with Crippen molar-refractivity contribution in [2.75, 3.05) is 19.8 Å². The number of hydrogen-bond acceptors (Lipinski definition) is 4. The van der Waals surface area contributed by atoms with Gasteiger partial charge in [-0.05, 0) is 34.1 Å². The molecule has 2 N–H and O–H groups in total. The molecule has 0 saturated carbocycles. The molecule has 0 bridgehead atoms. The minimum absolute atomic E-state index is 0.0213. The Morgan fingerprint density at radius 3 is 2.65 bits per heavy atom. The van der Waals surface area contributed by atoms with Gasteiger partial charge in [-0.1, -0.05) is 0 Å². The molecule has 1 amide bonds. The standard InChI is InChI=1S/C12H24N2O3/c1-5-16-8-10-6-9(13)7-14(10)11(15)17-12(2,3)4/h9-10H,5-8,13H2,1-4H3. The Balaban J connectivity index is 2.57. The van der Waals surface area contributed by atoms with E-state index in [-0.39, 0.29) is 18.2 Å². The molecule has 1 fully saturated rings. The third-order valence-electron chi connectivity index (χ3n) is 2.59. The molecule has 1 saturated heterocycles. The van der Waals surface area contributed by atoms with Gasteiger partial charge >= 0.3 is 6.09 Å². The van der Waals surface area contributed by atoms with Gasteiger partial charge in [0.15, 0.2) is 0 Å². The summed E-state index contributed by atoms with van der Waals surface area (Å²) in [5.74, 6) is 0. The number of carbonyl (C=O) groups excluding carboxylic acids is 1. The smallest absolute Gasteiger partial charge is 0.410 e. The quantitative estimate of drug-likeness (QED) is 0.814. The number of rotatable bonds is 3. The molecule has 0 aliphatic carbocycles. The topological polar surface area (TPSA) is 64.8 Å². The zero-order chi connectivity index (χ0) is 13.1. The molecule has 0 aromatic carbocycles. The second-order valence-electron chi connectivity index (χ2n) is 5.44. The van der Waals surface area contributed by atoms with Gasteiger partial charge in [-0.15, -0.1) is 0 Å². The number of nitrogens with zero attached hydrogens (tertiary/aromatic N) is 1. The van der Waals surface area contributed by atoms with Gasteiger partial charge in [-0.3, -0.25) is 0 Å². The molecule has 0 spiro atoms. The molecule has 1 aliphatic heterocycles. The van der Waals surface area contributed by atoms with Crippen molar-refractivity contribution in [2.24, 2.45) is 5.73 Å². The molecular formula is C12H24N2O3. The summed E-state index contributed by atoms with van der Waals surface area (Å²) in [7, 11) is 0. The van der Waals surface area contributed by atoms with E-state index in [4.69, 9.17) is 15.2 Å². The Labute approximate surface area is 103 Å². The van der Waals surface area contributed by atoms with Crippen LogP contribution in [0.5, 0.6) is 0 Å². The Morgan fingerprint density at radius 1 is 1.47 bits per heavy atom. The van der Waals surface area contributed by atoms with Crippen molar-refractivity contribution in [3.8, 4) is 0 Å². The van der Waals surface area contributed by atoms with Gasteiger partial charge < -0.3 is 20.1 Å². The average Bonchev–Trinajstić information content (AvgIpc) is 2.54. The number of nitrogens with two attached hydrogens (primary N) is 1. The monoisotopic (exact) mass is 244 g/mol. The van der Waals surface area contributed by atoms with Crippen LogP contribution in [0.25, 0.3) is 0 Å². The van der Waals surface area contributed by atoms with Crippen molar-refractivity contribution in [1.82, 2.24) is 4.90 Å². The van der Waals surface area contributed by atoms with E-state index in [2.05, 4.69) is 0 Å². The van der Waals surface area contributed by atoms with E-state index < -0.39 is 5.60 Å². The van der Waals surface area contributed by atoms with Crippen molar-refractivity contribution in [2.45, 2.75) is 51.8 Å². The molecule has 0 radical (unpaired) electrons. The molecule has 100 valence electrons. The third-order valence-corrected chi connectivity index (χ3v) is 2.59.